The summed E-state index contributed by atoms with van der Waals surface area (Å²) in [6, 6.07) is 5.50. The normalized spacial score (nSPS) is 15.1. The number of aromatic amines is 1. The van der Waals surface area contributed by atoms with E-state index >= 15 is 0 Å². The molecule has 1 saturated heterocycles. The molecule has 1 aliphatic rings. The van der Waals surface area contributed by atoms with Crippen molar-refractivity contribution < 1.29 is 19.1 Å². The first kappa shape index (κ1) is 22.2. The summed E-state index contributed by atoms with van der Waals surface area (Å²) in [5.74, 6) is 0.567. The molecule has 3 heterocycles. The van der Waals surface area contributed by atoms with Gasteiger partial charge in [0.15, 0.2) is 5.69 Å². The van der Waals surface area contributed by atoms with Crippen molar-refractivity contribution in [3.05, 3.63) is 40.0 Å². The quantitative estimate of drug-likeness (QED) is 0.501. The molecule has 0 spiro atoms. The van der Waals surface area contributed by atoms with Crippen molar-refractivity contribution >= 4 is 34.1 Å². The summed E-state index contributed by atoms with van der Waals surface area (Å²) in [6.07, 6.45) is 1.98. The summed E-state index contributed by atoms with van der Waals surface area (Å²) in [6.45, 7) is 5.32. The van der Waals surface area contributed by atoms with Gasteiger partial charge in [-0.25, -0.2) is 9.78 Å². The molecule has 0 atom stereocenters. The lowest BCUT2D eigenvalue weighted by Crippen LogP contribution is -2.38. The van der Waals surface area contributed by atoms with Crippen LogP contribution in [0, 0.1) is 5.92 Å². The predicted molar refractivity (Wildman–Crippen MR) is 121 cm³/mol. The van der Waals surface area contributed by atoms with Gasteiger partial charge in [0.05, 0.1) is 24.9 Å². The molecule has 4 rings (SSSR count). The predicted octanol–water partition coefficient (Wildman–Crippen LogP) is 2.85. The lowest BCUT2D eigenvalue weighted by atomic mass is 9.96. The molecule has 1 aromatic carbocycles. The van der Waals surface area contributed by atoms with Crippen LogP contribution in [0.3, 0.4) is 0 Å². The number of likely N-dealkylation sites (tertiary alicyclic amines) is 1. The van der Waals surface area contributed by atoms with Crippen LogP contribution < -0.4 is 10.1 Å². The minimum atomic E-state index is -0.360. The maximum Gasteiger partial charge on any atom is 0.367 e. The number of aromatic nitrogens is 3. The van der Waals surface area contributed by atoms with Crippen LogP contribution in [0.15, 0.2) is 23.6 Å². The fraction of sp³-hybridized carbons (Fsp3) is 0.455. The number of esters is 1. The van der Waals surface area contributed by atoms with Crippen molar-refractivity contribution in [1.29, 1.82) is 0 Å². The molecule has 1 aliphatic heterocycles. The Hall–Kier alpha value is -2.98. The van der Waals surface area contributed by atoms with Gasteiger partial charge in [-0.15, -0.1) is 11.3 Å². The first-order chi connectivity index (χ1) is 15.6. The van der Waals surface area contributed by atoms with Crippen molar-refractivity contribution in [2.45, 2.75) is 26.3 Å². The maximum absolute atomic E-state index is 12.7. The van der Waals surface area contributed by atoms with Gasteiger partial charge in [-0.05, 0) is 57.0 Å². The van der Waals surface area contributed by atoms with Crippen LogP contribution >= 0.6 is 11.3 Å². The number of ether oxygens (including phenoxy) is 2. The zero-order valence-electron chi connectivity index (χ0n) is 18.2. The number of carbonyl (C=O) groups excluding carboxylic acids is 2. The molecule has 0 aliphatic carbocycles. The molecule has 170 valence electrons. The third-order valence-corrected chi connectivity index (χ3v) is 6.50. The molecular weight excluding hydrogens is 430 g/mol. The van der Waals surface area contributed by atoms with E-state index in [0.29, 0.717) is 35.5 Å². The molecule has 9 nitrogen and oxygen atoms in total. The van der Waals surface area contributed by atoms with Crippen LogP contribution in [-0.2, 0) is 11.3 Å². The number of piperidine rings is 1. The van der Waals surface area contributed by atoms with Crippen LogP contribution in [0.25, 0.3) is 10.9 Å². The molecule has 0 saturated carbocycles. The fourth-order valence-corrected chi connectivity index (χ4v) is 4.56. The number of hydrogen-bond donors (Lipinski definition) is 2. The Morgan fingerprint density at radius 3 is 2.88 bits per heavy atom. The highest BCUT2D eigenvalue weighted by molar-refractivity contribution is 7.11. The topological polar surface area (TPSA) is 109 Å². The van der Waals surface area contributed by atoms with Crippen molar-refractivity contribution in [1.82, 2.24) is 25.4 Å². The second-order valence-electron chi connectivity index (χ2n) is 7.78. The van der Waals surface area contributed by atoms with Gasteiger partial charge in [-0.1, -0.05) is 0 Å². The SMILES string of the molecule is CCOC(=O)c1nc(CN2CCC(CNC(=O)c3n[nH]c4ccc(OC)cc34)CC2)cs1. The number of carbonyl (C=O) groups is 2. The van der Waals surface area contributed by atoms with E-state index in [1.54, 1.807) is 14.0 Å². The number of methoxy groups -OCH3 is 1. The maximum atomic E-state index is 12.7. The minimum Gasteiger partial charge on any atom is -0.497 e. The minimum absolute atomic E-state index is 0.180. The van der Waals surface area contributed by atoms with E-state index < -0.39 is 0 Å². The summed E-state index contributed by atoms with van der Waals surface area (Å²) in [5.41, 5.74) is 2.08. The third kappa shape index (κ3) is 5.08. The smallest absolute Gasteiger partial charge is 0.367 e. The fourth-order valence-electron chi connectivity index (χ4n) is 3.86. The zero-order valence-corrected chi connectivity index (χ0v) is 19.0. The Labute approximate surface area is 190 Å². The number of fused-ring (bicyclic) bond motifs is 1. The molecular formula is C22H27N5O4S. The van der Waals surface area contributed by atoms with E-state index in [0.717, 1.165) is 49.1 Å². The highest BCUT2D eigenvalue weighted by Crippen LogP contribution is 2.23. The summed E-state index contributed by atoms with van der Waals surface area (Å²) in [5, 5.41) is 13.2. The van der Waals surface area contributed by atoms with E-state index in [9.17, 15) is 9.59 Å². The lowest BCUT2D eigenvalue weighted by Gasteiger charge is -2.31. The standard InChI is InChI=1S/C22H27N5O4S/c1-3-31-22(29)21-24-15(13-32-21)12-27-8-6-14(7-9-27)11-23-20(28)19-17-10-16(30-2)4-5-18(17)25-26-19/h4-5,10,13-14H,3,6-9,11-12H2,1-2H3,(H,23,28)(H,25,26). The van der Waals surface area contributed by atoms with Gasteiger partial charge in [0.2, 0.25) is 5.01 Å². The first-order valence-corrected chi connectivity index (χ1v) is 11.6. The van der Waals surface area contributed by atoms with Gasteiger partial charge in [0.1, 0.15) is 5.75 Å². The van der Waals surface area contributed by atoms with Crippen molar-refractivity contribution in [2.75, 3.05) is 33.4 Å². The molecule has 1 amide bonds. The molecule has 2 aromatic heterocycles. The molecule has 0 unspecified atom stereocenters. The van der Waals surface area contributed by atoms with E-state index in [4.69, 9.17) is 9.47 Å². The molecule has 1 fully saturated rings. The van der Waals surface area contributed by atoms with Crippen molar-refractivity contribution in [2.24, 2.45) is 5.92 Å². The van der Waals surface area contributed by atoms with Gasteiger partial charge in [-0.2, -0.15) is 5.10 Å². The highest BCUT2D eigenvalue weighted by atomic mass is 32.1. The monoisotopic (exact) mass is 457 g/mol. The highest BCUT2D eigenvalue weighted by Gasteiger charge is 2.22. The molecule has 0 radical (unpaired) electrons. The molecule has 2 N–H and O–H groups in total. The zero-order chi connectivity index (χ0) is 22.5. The first-order valence-electron chi connectivity index (χ1n) is 10.7. The molecule has 10 heteroatoms. The third-order valence-electron chi connectivity index (χ3n) is 5.63. The number of amides is 1. The lowest BCUT2D eigenvalue weighted by molar-refractivity contribution is 0.0525. The van der Waals surface area contributed by atoms with Crippen LogP contribution in [0.5, 0.6) is 5.75 Å². The van der Waals surface area contributed by atoms with Gasteiger partial charge < -0.3 is 14.8 Å². The number of thiazole rings is 1. The van der Waals surface area contributed by atoms with Gasteiger partial charge in [0.25, 0.3) is 5.91 Å². The Balaban J connectivity index is 1.25. The Kier molecular flexibility index (Phi) is 7.01. The van der Waals surface area contributed by atoms with E-state index in [2.05, 4.69) is 25.4 Å². The Morgan fingerprint density at radius 1 is 1.31 bits per heavy atom. The number of benzene rings is 1. The number of nitrogens with zero attached hydrogens (tertiary/aromatic N) is 3. The Bertz CT molecular complexity index is 1090. The summed E-state index contributed by atoms with van der Waals surface area (Å²) in [4.78, 5) is 31.2. The molecule has 0 bridgehead atoms. The van der Waals surface area contributed by atoms with Crippen LogP contribution in [0.2, 0.25) is 0 Å². The van der Waals surface area contributed by atoms with Gasteiger partial charge in [-0.3, -0.25) is 14.8 Å². The van der Waals surface area contributed by atoms with E-state index in [1.807, 2.05) is 23.6 Å². The van der Waals surface area contributed by atoms with E-state index in [1.165, 1.54) is 11.3 Å². The van der Waals surface area contributed by atoms with Gasteiger partial charge in [0, 0.05) is 23.9 Å². The van der Waals surface area contributed by atoms with Crippen molar-refractivity contribution in [3.63, 3.8) is 0 Å². The van der Waals surface area contributed by atoms with Crippen molar-refractivity contribution in [3.8, 4) is 5.75 Å². The summed E-state index contributed by atoms with van der Waals surface area (Å²) < 4.78 is 10.3. The second-order valence-corrected chi connectivity index (χ2v) is 8.64. The average molecular weight is 458 g/mol. The molecule has 32 heavy (non-hydrogen) atoms. The summed E-state index contributed by atoms with van der Waals surface area (Å²) in [7, 11) is 1.60. The summed E-state index contributed by atoms with van der Waals surface area (Å²) >= 11 is 1.32. The number of hydrogen-bond acceptors (Lipinski definition) is 8. The van der Waals surface area contributed by atoms with E-state index in [-0.39, 0.29) is 11.9 Å². The number of rotatable bonds is 8. The number of H-pyrrole nitrogens is 1. The Morgan fingerprint density at radius 2 is 2.12 bits per heavy atom. The molecule has 3 aromatic rings. The van der Waals surface area contributed by atoms with Gasteiger partial charge >= 0.3 is 5.97 Å². The van der Waals surface area contributed by atoms with Crippen LogP contribution in [-0.4, -0.2) is 65.3 Å². The van der Waals surface area contributed by atoms with Crippen LogP contribution in [0.1, 0.15) is 45.7 Å². The average Bonchev–Trinajstić information content (AvgIpc) is 3.45. The number of nitrogens with one attached hydrogen (secondary N) is 2. The second kappa shape index (κ2) is 10.1. The van der Waals surface area contributed by atoms with Crippen LogP contribution in [0.4, 0.5) is 0 Å². The largest absolute Gasteiger partial charge is 0.497 e.